The van der Waals surface area contributed by atoms with E-state index in [1.54, 1.807) is 0 Å². The number of aromatic amines is 1. The smallest absolute Gasteiger partial charge is 0.324 e. The Bertz CT molecular complexity index is 1020. The third kappa shape index (κ3) is 3.33. The number of carbonyl (C=O) groups excluding carboxylic acids is 2. The highest BCUT2D eigenvalue weighted by molar-refractivity contribution is 6.04. The maximum Gasteiger partial charge on any atom is 0.324 e. The van der Waals surface area contributed by atoms with Crippen LogP contribution in [0.2, 0.25) is 0 Å². The normalized spacial score (nSPS) is 16.6. The molecular formula is C22H23N3O3. The quantitative estimate of drug-likeness (QED) is 0.647. The Morgan fingerprint density at radius 3 is 2.57 bits per heavy atom. The van der Waals surface area contributed by atoms with Crippen LogP contribution in [-0.2, 0) is 11.2 Å². The van der Waals surface area contributed by atoms with Gasteiger partial charge < -0.3 is 15.0 Å². The Morgan fingerprint density at radius 1 is 1.04 bits per heavy atom. The monoisotopic (exact) mass is 377 g/mol. The summed E-state index contributed by atoms with van der Waals surface area (Å²) in [5.74, 6) is 0.602. The molecule has 2 aromatic carbocycles. The van der Waals surface area contributed by atoms with Crippen molar-refractivity contribution in [2.45, 2.75) is 26.3 Å². The van der Waals surface area contributed by atoms with E-state index < -0.39 is 6.04 Å². The van der Waals surface area contributed by atoms with E-state index in [9.17, 15) is 9.59 Å². The second kappa shape index (κ2) is 7.38. The van der Waals surface area contributed by atoms with E-state index in [0.717, 1.165) is 33.3 Å². The first-order chi connectivity index (χ1) is 13.5. The average molecular weight is 377 g/mol. The van der Waals surface area contributed by atoms with E-state index in [1.807, 2.05) is 62.5 Å². The Labute approximate surface area is 163 Å². The molecule has 3 aromatic rings. The number of amides is 3. The lowest BCUT2D eigenvalue weighted by Gasteiger charge is -2.16. The van der Waals surface area contributed by atoms with Crippen molar-refractivity contribution in [1.82, 2.24) is 15.2 Å². The lowest BCUT2D eigenvalue weighted by molar-refractivity contribution is -0.127. The second-order valence-electron chi connectivity index (χ2n) is 7.12. The molecule has 4 rings (SSSR count). The molecule has 1 aliphatic heterocycles. The van der Waals surface area contributed by atoms with Gasteiger partial charge in [0.1, 0.15) is 18.4 Å². The average Bonchev–Trinajstić information content (AvgIpc) is 3.20. The van der Waals surface area contributed by atoms with Crippen molar-refractivity contribution in [1.29, 1.82) is 0 Å². The molecule has 0 aliphatic carbocycles. The third-order valence-corrected chi connectivity index (χ3v) is 5.18. The first kappa shape index (κ1) is 18.1. The van der Waals surface area contributed by atoms with Gasteiger partial charge in [0.15, 0.2) is 0 Å². The molecule has 2 heterocycles. The summed E-state index contributed by atoms with van der Waals surface area (Å²) < 4.78 is 5.85. The van der Waals surface area contributed by atoms with Crippen molar-refractivity contribution in [2.24, 2.45) is 0 Å². The third-order valence-electron chi connectivity index (χ3n) is 5.18. The lowest BCUT2D eigenvalue weighted by atomic mass is 10.1. The number of nitrogens with zero attached hydrogens (tertiary/aromatic N) is 1. The fraction of sp³-hybridized carbons (Fsp3) is 0.273. The summed E-state index contributed by atoms with van der Waals surface area (Å²) in [6, 6.07) is 13.0. The highest BCUT2D eigenvalue weighted by Crippen LogP contribution is 2.23. The Balaban J connectivity index is 1.40. The molecule has 1 aliphatic rings. The Kier molecular flexibility index (Phi) is 4.77. The summed E-state index contributed by atoms with van der Waals surface area (Å²) in [5, 5.41) is 3.87. The molecular weight excluding hydrogens is 354 g/mol. The van der Waals surface area contributed by atoms with E-state index in [1.165, 1.54) is 4.90 Å². The summed E-state index contributed by atoms with van der Waals surface area (Å²) in [5.41, 5.74) is 4.11. The number of fused-ring (bicyclic) bond motifs is 1. The number of ether oxygens (including phenoxy) is 1. The summed E-state index contributed by atoms with van der Waals surface area (Å²) >= 11 is 0. The molecule has 0 saturated carbocycles. The maximum atomic E-state index is 12.7. The molecule has 3 amide bonds. The van der Waals surface area contributed by atoms with Crippen LogP contribution >= 0.6 is 0 Å². The van der Waals surface area contributed by atoms with Crippen LogP contribution in [0.15, 0.2) is 48.7 Å². The van der Waals surface area contributed by atoms with Crippen LogP contribution in [0.4, 0.5) is 4.79 Å². The molecule has 2 N–H and O–H groups in total. The number of H-pyrrole nitrogens is 1. The number of urea groups is 1. The number of imide groups is 1. The molecule has 6 heteroatoms. The minimum Gasteiger partial charge on any atom is -0.491 e. The van der Waals surface area contributed by atoms with Crippen LogP contribution in [0.25, 0.3) is 10.9 Å². The van der Waals surface area contributed by atoms with Gasteiger partial charge in [-0.05, 0) is 36.6 Å². The van der Waals surface area contributed by atoms with Crippen LogP contribution in [0.3, 0.4) is 0 Å². The van der Waals surface area contributed by atoms with E-state index in [-0.39, 0.29) is 25.1 Å². The minimum absolute atomic E-state index is 0.208. The van der Waals surface area contributed by atoms with Gasteiger partial charge in [0, 0.05) is 23.5 Å². The van der Waals surface area contributed by atoms with Crippen LogP contribution < -0.4 is 10.1 Å². The van der Waals surface area contributed by atoms with Crippen molar-refractivity contribution in [3.05, 3.63) is 65.4 Å². The molecule has 1 fully saturated rings. The van der Waals surface area contributed by atoms with Gasteiger partial charge >= 0.3 is 6.03 Å². The fourth-order valence-corrected chi connectivity index (χ4v) is 3.71. The number of hydrogen-bond acceptors (Lipinski definition) is 3. The van der Waals surface area contributed by atoms with Gasteiger partial charge in [-0.25, -0.2) is 4.79 Å². The van der Waals surface area contributed by atoms with Gasteiger partial charge in [0.05, 0.1) is 6.54 Å². The van der Waals surface area contributed by atoms with Crippen LogP contribution in [0.5, 0.6) is 5.75 Å². The molecule has 0 spiro atoms. The van der Waals surface area contributed by atoms with E-state index in [2.05, 4.69) is 10.3 Å². The van der Waals surface area contributed by atoms with Crippen molar-refractivity contribution < 1.29 is 14.3 Å². The van der Waals surface area contributed by atoms with Crippen molar-refractivity contribution in [2.75, 3.05) is 13.2 Å². The molecule has 1 aromatic heterocycles. The number of para-hydroxylation sites is 2. The minimum atomic E-state index is -0.549. The number of aryl methyl sites for hydroxylation is 2. The Morgan fingerprint density at radius 2 is 1.79 bits per heavy atom. The predicted molar refractivity (Wildman–Crippen MR) is 107 cm³/mol. The van der Waals surface area contributed by atoms with Crippen LogP contribution in [0.1, 0.15) is 16.7 Å². The van der Waals surface area contributed by atoms with Gasteiger partial charge in [-0.1, -0.05) is 36.4 Å². The van der Waals surface area contributed by atoms with E-state index in [4.69, 9.17) is 4.74 Å². The molecule has 1 atom stereocenters. The number of hydrogen-bond donors (Lipinski definition) is 2. The first-order valence-electron chi connectivity index (χ1n) is 9.40. The highest BCUT2D eigenvalue weighted by Gasteiger charge is 2.38. The summed E-state index contributed by atoms with van der Waals surface area (Å²) in [6.45, 7) is 4.45. The van der Waals surface area contributed by atoms with Gasteiger partial charge in [0.2, 0.25) is 0 Å². The van der Waals surface area contributed by atoms with Gasteiger partial charge in [-0.3, -0.25) is 9.69 Å². The van der Waals surface area contributed by atoms with Gasteiger partial charge in [-0.15, -0.1) is 0 Å². The predicted octanol–water partition coefficient (Wildman–Crippen LogP) is 3.33. The maximum absolute atomic E-state index is 12.7. The largest absolute Gasteiger partial charge is 0.491 e. The zero-order valence-corrected chi connectivity index (χ0v) is 16.0. The Hall–Kier alpha value is -3.28. The standard InChI is InChI=1S/C22H23N3O3/c1-14-6-5-7-15(2)20(14)28-11-10-25-21(26)19(24-22(25)27)12-16-13-23-18-9-4-3-8-17(16)18/h3-9,13,19,23H,10-12H2,1-2H3,(H,24,27)/t19-/m0/s1. The van der Waals surface area contributed by atoms with Crippen molar-refractivity contribution in [3.8, 4) is 5.75 Å². The van der Waals surface area contributed by atoms with E-state index in [0.29, 0.717) is 6.42 Å². The van der Waals surface area contributed by atoms with Crippen molar-refractivity contribution >= 4 is 22.8 Å². The molecule has 6 nitrogen and oxygen atoms in total. The lowest BCUT2D eigenvalue weighted by Crippen LogP contribution is -2.35. The SMILES string of the molecule is Cc1cccc(C)c1OCCN1C(=O)N[C@@H](Cc2c[nH]c3ccccc23)C1=O. The van der Waals surface area contributed by atoms with E-state index >= 15 is 0 Å². The highest BCUT2D eigenvalue weighted by atomic mass is 16.5. The van der Waals surface area contributed by atoms with Gasteiger partial charge in [0.25, 0.3) is 5.91 Å². The number of nitrogens with one attached hydrogen (secondary N) is 2. The van der Waals surface area contributed by atoms with Crippen LogP contribution in [0, 0.1) is 13.8 Å². The summed E-state index contributed by atoms with van der Waals surface area (Å²) in [7, 11) is 0. The number of rotatable bonds is 6. The zero-order valence-electron chi connectivity index (χ0n) is 16.0. The molecule has 28 heavy (non-hydrogen) atoms. The molecule has 0 bridgehead atoms. The van der Waals surface area contributed by atoms with Crippen molar-refractivity contribution in [3.63, 3.8) is 0 Å². The zero-order chi connectivity index (χ0) is 19.7. The summed E-state index contributed by atoms with van der Waals surface area (Å²) in [6.07, 6.45) is 2.36. The summed E-state index contributed by atoms with van der Waals surface area (Å²) in [4.78, 5) is 29.5. The molecule has 0 unspecified atom stereocenters. The van der Waals surface area contributed by atoms with Gasteiger partial charge in [-0.2, -0.15) is 0 Å². The molecule has 144 valence electrons. The number of benzene rings is 2. The molecule has 0 radical (unpaired) electrons. The number of carbonyl (C=O) groups is 2. The number of aromatic nitrogens is 1. The second-order valence-corrected chi connectivity index (χ2v) is 7.12. The molecule has 1 saturated heterocycles. The topological polar surface area (TPSA) is 74.4 Å². The van der Waals surface area contributed by atoms with Crippen LogP contribution in [-0.4, -0.2) is 41.0 Å². The fourth-order valence-electron chi connectivity index (χ4n) is 3.71. The first-order valence-corrected chi connectivity index (χ1v) is 9.40.